The number of primary amides is 1. The lowest BCUT2D eigenvalue weighted by atomic mass is 9.92. The highest BCUT2D eigenvalue weighted by Crippen LogP contribution is 2.39. The molecular weight excluding hydrogens is 439 g/mol. The quantitative estimate of drug-likeness (QED) is 0.536. The van der Waals surface area contributed by atoms with E-state index in [4.69, 9.17) is 38.4 Å². The summed E-state index contributed by atoms with van der Waals surface area (Å²) in [5.41, 5.74) is 3.70. The number of hydrogen-bond acceptors (Lipinski definition) is 7. The summed E-state index contributed by atoms with van der Waals surface area (Å²) in [6.07, 6.45) is -1.70. The third kappa shape index (κ3) is 4.99. The molecule has 0 aliphatic carbocycles. The molecule has 1 aromatic carbocycles. The molecule has 0 unspecified atom stereocenters. The predicted octanol–water partition coefficient (Wildman–Crippen LogP) is 3.41. The number of carboxylic acid groups (broad SMARTS) is 1. The maximum Gasteiger partial charge on any atom is 0.404 e. The molecule has 0 atom stereocenters. The van der Waals surface area contributed by atoms with E-state index in [1.807, 2.05) is 0 Å². The Kier molecular flexibility index (Phi) is 7.60. The van der Waals surface area contributed by atoms with Crippen LogP contribution in [0.25, 0.3) is 11.1 Å². The second kappa shape index (κ2) is 9.75. The lowest BCUT2D eigenvalue weighted by molar-refractivity contribution is 0.0373. The Bertz CT molecular complexity index is 1010. The minimum Gasteiger partial charge on any atom is -0.478 e. The molecule has 0 bridgehead atoms. The van der Waals surface area contributed by atoms with E-state index in [9.17, 15) is 24.6 Å². The summed E-state index contributed by atoms with van der Waals surface area (Å²) in [6, 6.07) is 4.43. The number of aromatic carboxylic acids is 1. The maximum absolute atomic E-state index is 12.9. The van der Waals surface area contributed by atoms with Crippen LogP contribution in [0.15, 0.2) is 18.2 Å². The van der Waals surface area contributed by atoms with Gasteiger partial charge >= 0.3 is 18.0 Å². The van der Waals surface area contributed by atoms with E-state index >= 15 is 0 Å². The van der Waals surface area contributed by atoms with Crippen LogP contribution >= 0.6 is 23.2 Å². The summed E-state index contributed by atoms with van der Waals surface area (Å²) in [5, 5.41) is 19.6. The lowest BCUT2D eigenvalue weighted by Gasteiger charge is -2.20. The zero-order valence-electron chi connectivity index (χ0n) is 15.9. The number of pyridine rings is 1. The Morgan fingerprint density at radius 1 is 1.17 bits per heavy atom. The molecule has 0 radical (unpaired) electrons. The number of amides is 1. The van der Waals surface area contributed by atoms with Crippen LogP contribution in [0.1, 0.15) is 46.0 Å². The molecule has 0 saturated carbocycles. The van der Waals surface area contributed by atoms with Gasteiger partial charge in [0.25, 0.3) is 0 Å². The molecule has 11 heteroatoms. The molecule has 30 heavy (non-hydrogen) atoms. The highest BCUT2D eigenvalue weighted by atomic mass is 35.5. The second-order valence-corrected chi connectivity index (χ2v) is 7.04. The largest absolute Gasteiger partial charge is 0.478 e. The molecule has 2 aromatic rings. The number of ether oxygens (including phenoxy) is 2. The van der Waals surface area contributed by atoms with Gasteiger partial charge in [-0.15, -0.1) is 0 Å². The minimum absolute atomic E-state index is 0.0304. The first-order valence-corrected chi connectivity index (χ1v) is 9.31. The molecule has 0 aliphatic rings. The fourth-order valence-corrected chi connectivity index (χ4v) is 3.13. The first-order chi connectivity index (χ1) is 14.1. The van der Waals surface area contributed by atoms with Crippen LogP contribution in [-0.2, 0) is 22.7 Å². The average Bonchev–Trinajstić information content (AvgIpc) is 2.66. The zero-order chi connectivity index (χ0) is 22.6. The molecule has 4 N–H and O–H groups in total. The first-order valence-electron chi connectivity index (χ1n) is 8.55. The van der Waals surface area contributed by atoms with E-state index in [2.05, 4.69) is 4.98 Å². The summed E-state index contributed by atoms with van der Waals surface area (Å²) in [4.78, 5) is 40.1. The number of carboxylic acids is 1. The van der Waals surface area contributed by atoms with E-state index in [0.717, 1.165) is 0 Å². The molecule has 9 nitrogen and oxygen atoms in total. The maximum atomic E-state index is 12.9. The van der Waals surface area contributed by atoms with Crippen molar-refractivity contribution in [2.45, 2.75) is 33.2 Å². The van der Waals surface area contributed by atoms with Gasteiger partial charge in [0.15, 0.2) is 0 Å². The van der Waals surface area contributed by atoms with E-state index in [0.29, 0.717) is 0 Å². The van der Waals surface area contributed by atoms with Crippen LogP contribution in [0.3, 0.4) is 0 Å². The topological polar surface area (TPSA) is 149 Å². The highest BCUT2D eigenvalue weighted by molar-refractivity contribution is 6.44. The number of carbonyl (C=O) groups is 3. The lowest BCUT2D eigenvalue weighted by Crippen LogP contribution is -2.22. The number of aliphatic hydroxyl groups is 1. The number of nitrogens with zero attached hydrogens (tertiary/aromatic N) is 1. The standard InChI is InChI=1S/C19H18Cl2N2O7/c1-8(2)30-18(27)15-12(7-29-19(22)28)23-11(6-24)14(17(25)26)13(15)9-4-3-5-10(20)16(9)21/h3-5,8,24H,6-7H2,1-2H3,(H2,22,28)(H,25,26). The van der Waals surface area contributed by atoms with Crippen LogP contribution in [-0.4, -0.2) is 39.3 Å². The third-order valence-corrected chi connectivity index (χ3v) is 4.65. The number of halogens is 2. The molecule has 1 aromatic heterocycles. The third-order valence-electron chi connectivity index (χ3n) is 3.83. The van der Waals surface area contributed by atoms with Crippen LogP contribution in [0.4, 0.5) is 4.79 Å². The van der Waals surface area contributed by atoms with Crippen LogP contribution in [0.2, 0.25) is 10.0 Å². The van der Waals surface area contributed by atoms with Crippen molar-refractivity contribution in [2.24, 2.45) is 5.73 Å². The number of rotatable bonds is 7. The van der Waals surface area contributed by atoms with E-state index < -0.39 is 42.9 Å². The molecule has 0 aliphatic heterocycles. The predicted molar refractivity (Wildman–Crippen MR) is 107 cm³/mol. The van der Waals surface area contributed by atoms with Crippen LogP contribution in [0.5, 0.6) is 0 Å². The van der Waals surface area contributed by atoms with Gasteiger partial charge in [-0.25, -0.2) is 19.4 Å². The Hall–Kier alpha value is -2.88. The smallest absolute Gasteiger partial charge is 0.404 e. The fraction of sp³-hybridized carbons (Fsp3) is 0.263. The molecule has 0 fully saturated rings. The van der Waals surface area contributed by atoms with Crippen molar-refractivity contribution in [2.75, 3.05) is 0 Å². The van der Waals surface area contributed by atoms with Crippen molar-refractivity contribution in [1.29, 1.82) is 0 Å². The normalized spacial score (nSPS) is 10.7. The molecule has 1 heterocycles. The molecule has 160 valence electrons. The Labute approximate surface area is 181 Å². The van der Waals surface area contributed by atoms with Crippen molar-refractivity contribution < 1.29 is 34.1 Å². The summed E-state index contributed by atoms with van der Waals surface area (Å²) in [5.74, 6) is -2.41. The number of benzene rings is 1. The van der Waals surface area contributed by atoms with Gasteiger partial charge in [-0.2, -0.15) is 0 Å². The van der Waals surface area contributed by atoms with E-state index in [1.54, 1.807) is 13.8 Å². The van der Waals surface area contributed by atoms with Gasteiger partial charge < -0.3 is 25.4 Å². The number of aromatic nitrogens is 1. The summed E-state index contributed by atoms with van der Waals surface area (Å²) < 4.78 is 9.99. The first kappa shape index (κ1) is 23.4. The van der Waals surface area contributed by atoms with Crippen molar-refractivity contribution in [3.8, 4) is 11.1 Å². The summed E-state index contributed by atoms with van der Waals surface area (Å²) >= 11 is 12.4. The van der Waals surface area contributed by atoms with Crippen molar-refractivity contribution in [1.82, 2.24) is 4.98 Å². The van der Waals surface area contributed by atoms with Crippen LogP contribution < -0.4 is 5.73 Å². The number of aliphatic hydroxyl groups excluding tert-OH is 1. The molecule has 2 rings (SSSR count). The SMILES string of the molecule is CC(C)OC(=O)c1c(COC(N)=O)nc(CO)c(C(=O)O)c1-c1cccc(Cl)c1Cl. The average molecular weight is 457 g/mol. The molecule has 0 spiro atoms. The van der Waals surface area contributed by atoms with Gasteiger partial charge in [0, 0.05) is 11.1 Å². The van der Waals surface area contributed by atoms with Crippen LogP contribution in [0, 0.1) is 0 Å². The van der Waals surface area contributed by atoms with E-state index in [-0.39, 0.29) is 38.1 Å². The van der Waals surface area contributed by atoms with E-state index in [1.165, 1.54) is 18.2 Å². The molecule has 1 amide bonds. The Morgan fingerprint density at radius 2 is 1.83 bits per heavy atom. The molecular formula is C19H18Cl2N2O7. The fourth-order valence-electron chi connectivity index (χ4n) is 2.74. The number of esters is 1. The second-order valence-electron chi connectivity index (χ2n) is 6.26. The van der Waals surface area contributed by atoms with Gasteiger partial charge in [0.2, 0.25) is 0 Å². The monoisotopic (exact) mass is 456 g/mol. The van der Waals surface area contributed by atoms with Gasteiger partial charge in [-0.05, 0) is 19.9 Å². The van der Waals surface area contributed by atoms with Gasteiger partial charge in [0.05, 0.1) is 45.3 Å². The van der Waals surface area contributed by atoms with Gasteiger partial charge in [-0.3, -0.25) is 0 Å². The Morgan fingerprint density at radius 3 is 2.37 bits per heavy atom. The number of carbonyl (C=O) groups excluding carboxylic acids is 2. The Balaban J connectivity index is 2.99. The number of hydrogen-bond donors (Lipinski definition) is 3. The zero-order valence-corrected chi connectivity index (χ0v) is 17.5. The van der Waals surface area contributed by atoms with Gasteiger partial charge in [-0.1, -0.05) is 35.3 Å². The van der Waals surface area contributed by atoms with Crippen molar-refractivity contribution >= 4 is 41.2 Å². The van der Waals surface area contributed by atoms with Crippen molar-refractivity contribution in [3.05, 3.63) is 50.8 Å². The van der Waals surface area contributed by atoms with Crippen molar-refractivity contribution in [3.63, 3.8) is 0 Å². The summed E-state index contributed by atoms with van der Waals surface area (Å²) in [7, 11) is 0. The number of nitrogens with two attached hydrogens (primary N) is 1. The minimum atomic E-state index is -1.47. The molecule has 0 saturated heterocycles. The highest BCUT2D eigenvalue weighted by Gasteiger charge is 2.31. The summed E-state index contributed by atoms with van der Waals surface area (Å²) in [6.45, 7) is 1.83. The van der Waals surface area contributed by atoms with Gasteiger partial charge in [0.1, 0.15) is 6.61 Å².